The molecule has 7 nitrogen and oxygen atoms in total. The van der Waals surface area contributed by atoms with Crippen molar-refractivity contribution >= 4 is 17.5 Å². The highest BCUT2D eigenvalue weighted by atomic mass is 16.2. The van der Waals surface area contributed by atoms with Gasteiger partial charge < -0.3 is 16.8 Å². The van der Waals surface area contributed by atoms with Crippen LogP contribution >= 0.6 is 0 Å². The number of rotatable bonds is 5. The van der Waals surface area contributed by atoms with E-state index in [2.05, 4.69) is 10.4 Å². The van der Waals surface area contributed by atoms with Crippen molar-refractivity contribution in [3.8, 4) is 0 Å². The zero-order valence-corrected chi connectivity index (χ0v) is 10.9. The maximum absolute atomic E-state index is 11.7. The van der Waals surface area contributed by atoms with E-state index >= 15 is 0 Å². The third-order valence-electron chi connectivity index (χ3n) is 2.65. The minimum Gasteiger partial charge on any atom is -0.396 e. The molecule has 0 radical (unpaired) electrons. The van der Waals surface area contributed by atoms with E-state index in [1.807, 2.05) is 0 Å². The normalized spacial score (nSPS) is 12.2. The number of hydrogen-bond acceptors (Lipinski definition) is 4. The summed E-state index contributed by atoms with van der Waals surface area (Å²) in [5.74, 6) is -0.674. The van der Waals surface area contributed by atoms with E-state index in [4.69, 9.17) is 11.5 Å². The first-order valence-electron chi connectivity index (χ1n) is 5.68. The van der Waals surface area contributed by atoms with Gasteiger partial charge in [0.1, 0.15) is 6.54 Å². The van der Waals surface area contributed by atoms with Gasteiger partial charge in [-0.2, -0.15) is 5.10 Å². The van der Waals surface area contributed by atoms with E-state index in [-0.39, 0.29) is 24.9 Å². The topological polar surface area (TPSA) is 116 Å². The van der Waals surface area contributed by atoms with E-state index in [1.165, 1.54) is 4.68 Å². The lowest BCUT2D eigenvalue weighted by atomic mass is 10.2. The lowest BCUT2D eigenvalue weighted by Gasteiger charge is -2.12. The number of primary amides is 1. The minimum atomic E-state index is -0.446. The average Bonchev–Trinajstić information content (AvgIpc) is 2.44. The fraction of sp³-hybridized carbons (Fsp3) is 0.545. The summed E-state index contributed by atoms with van der Waals surface area (Å²) in [5, 5.41) is 6.83. The van der Waals surface area contributed by atoms with Gasteiger partial charge in [-0.3, -0.25) is 14.3 Å². The third kappa shape index (κ3) is 3.47. The van der Waals surface area contributed by atoms with Gasteiger partial charge in [0.15, 0.2) is 0 Å². The van der Waals surface area contributed by atoms with Crippen LogP contribution in [-0.2, 0) is 16.1 Å². The van der Waals surface area contributed by atoms with Crippen LogP contribution in [0.3, 0.4) is 0 Å². The monoisotopic (exact) mass is 253 g/mol. The van der Waals surface area contributed by atoms with Crippen molar-refractivity contribution in [1.29, 1.82) is 0 Å². The van der Waals surface area contributed by atoms with Gasteiger partial charge in [0, 0.05) is 12.5 Å². The van der Waals surface area contributed by atoms with Gasteiger partial charge in [0.2, 0.25) is 11.8 Å². The molecule has 0 aliphatic carbocycles. The van der Waals surface area contributed by atoms with Crippen molar-refractivity contribution in [2.75, 3.05) is 5.73 Å². The van der Waals surface area contributed by atoms with Gasteiger partial charge in [-0.05, 0) is 20.8 Å². The van der Waals surface area contributed by atoms with Crippen LogP contribution in [0.15, 0.2) is 0 Å². The second-order valence-electron chi connectivity index (χ2n) is 4.38. The third-order valence-corrected chi connectivity index (χ3v) is 2.65. The van der Waals surface area contributed by atoms with Crippen LogP contribution in [0.1, 0.15) is 24.7 Å². The first-order chi connectivity index (χ1) is 8.31. The number of nitrogen functional groups attached to an aromatic ring is 1. The number of aromatic nitrogens is 2. The van der Waals surface area contributed by atoms with E-state index in [9.17, 15) is 9.59 Å². The summed E-state index contributed by atoms with van der Waals surface area (Å²) in [5.41, 5.74) is 12.9. The van der Waals surface area contributed by atoms with E-state index < -0.39 is 5.91 Å². The highest BCUT2D eigenvalue weighted by molar-refractivity contribution is 5.78. The number of carbonyl (C=O) groups is 2. The van der Waals surface area contributed by atoms with Gasteiger partial charge in [0.05, 0.1) is 17.1 Å². The minimum absolute atomic E-state index is 0.0764. The Kier molecular flexibility index (Phi) is 4.30. The number of aryl methyl sites for hydroxylation is 1. The molecule has 0 fully saturated rings. The Labute approximate surface area is 106 Å². The van der Waals surface area contributed by atoms with Crippen molar-refractivity contribution in [1.82, 2.24) is 15.1 Å². The zero-order valence-electron chi connectivity index (χ0n) is 10.9. The zero-order chi connectivity index (χ0) is 13.9. The molecule has 1 heterocycles. The molecule has 100 valence electrons. The fourth-order valence-corrected chi connectivity index (χ4v) is 1.67. The number of nitrogens with two attached hydrogens (primary N) is 2. The fourth-order valence-electron chi connectivity index (χ4n) is 1.67. The van der Waals surface area contributed by atoms with Crippen molar-refractivity contribution < 1.29 is 9.59 Å². The summed E-state index contributed by atoms with van der Waals surface area (Å²) in [4.78, 5) is 22.4. The predicted molar refractivity (Wildman–Crippen MR) is 67.5 cm³/mol. The van der Waals surface area contributed by atoms with Crippen LogP contribution in [0, 0.1) is 13.8 Å². The first-order valence-corrected chi connectivity index (χ1v) is 5.68. The molecular formula is C11H19N5O2. The summed E-state index contributed by atoms with van der Waals surface area (Å²) >= 11 is 0. The molecule has 0 spiro atoms. The Hall–Kier alpha value is -2.05. The van der Waals surface area contributed by atoms with Gasteiger partial charge >= 0.3 is 0 Å². The van der Waals surface area contributed by atoms with E-state index in [0.29, 0.717) is 11.4 Å². The highest BCUT2D eigenvalue weighted by Crippen LogP contribution is 2.14. The Morgan fingerprint density at radius 1 is 1.44 bits per heavy atom. The maximum atomic E-state index is 11.7. The molecule has 18 heavy (non-hydrogen) atoms. The lowest BCUT2D eigenvalue weighted by Crippen LogP contribution is -2.37. The molecule has 0 aliphatic rings. The molecule has 1 unspecified atom stereocenters. The Morgan fingerprint density at radius 2 is 2.06 bits per heavy atom. The van der Waals surface area contributed by atoms with Crippen molar-refractivity contribution in [3.63, 3.8) is 0 Å². The van der Waals surface area contributed by atoms with Gasteiger partial charge in [-0.1, -0.05) is 0 Å². The number of hydrogen-bond donors (Lipinski definition) is 3. The van der Waals surface area contributed by atoms with Crippen LogP contribution in [-0.4, -0.2) is 27.6 Å². The molecule has 5 N–H and O–H groups in total. The molecule has 0 saturated carbocycles. The number of anilines is 1. The van der Waals surface area contributed by atoms with Gasteiger partial charge in [-0.15, -0.1) is 0 Å². The van der Waals surface area contributed by atoms with Crippen molar-refractivity contribution in [3.05, 3.63) is 11.4 Å². The molecule has 0 saturated heterocycles. The summed E-state index contributed by atoms with van der Waals surface area (Å²) in [6.07, 6.45) is 0.116. The van der Waals surface area contributed by atoms with Crippen LogP contribution < -0.4 is 16.8 Å². The SMILES string of the molecule is Cc1nn(CC(=O)NC(C)CC(N)=O)c(C)c1N. The van der Waals surface area contributed by atoms with Crippen LogP contribution in [0.4, 0.5) is 5.69 Å². The van der Waals surface area contributed by atoms with E-state index in [0.717, 1.165) is 5.69 Å². The lowest BCUT2D eigenvalue weighted by molar-refractivity contribution is -0.123. The van der Waals surface area contributed by atoms with Crippen molar-refractivity contribution in [2.45, 2.75) is 39.8 Å². The second kappa shape index (κ2) is 5.52. The van der Waals surface area contributed by atoms with Gasteiger partial charge in [-0.25, -0.2) is 0 Å². The summed E-state index contributed by atoms with van der Waals surface area (Å²) in [6.45, 7) is 5.38. The summed E-state index contributed by atoms with van der Waals surface area (Å²) in [6, 6.07) is -0.288. The Balaban J connectivity index is 2.59. The highest BCUT2D eigenvalue weighted by Gasteiger charge is 2.14. The van der Waals surface area contributed by atoms with E-state index in [1.54, 1.807) is 20.8 Å². The molecule has 1 rings (SSSR count). The molecule has 2 amide bonds. The van der Waals surface area contributed by atoms with Crippen LogP contribution in [0.2, 0.25) is 0 Å². The molecule has 7 heteroatoms. The maximum Gasteiger partial charge on any atom is 0.241 e. The van der Waals surface area contributed by atoms with Crippen LogP contribution in [0.25, 0.3) is 0 Å². The molecule has 1 aromatic rings. The molecule has 0 bridgehead atoms. The molecule has 0 aliphatic heterocycles. The molecular weight excluding hydrogens is 234 g/mol. The molecule has 1 atom stereocenters. The number of amides is 2. The first kappa shape index (κ1) is 14.0. The largest absolute Gasteiger partial charge is 0.396 e. The smallest absolute Gasteiger partial charge is 0.241 e. The Morgan fingerprint density at radius 3 is 2.50 bits per heavy atom. The number of nitrogens with one attached hydrogen (secondary N) is 1. The Bertz CT molecular complexity index is 466. The summed E-state index contributed by atoms with van der Waals surface area (Å²) in [7, 11) is 0. The second-order valence-corrected chi connectivity index (χ2v) is 4.38. The number of carbonyl (C=O) groups excluding carboxylic acids is 2. The average molecular weight is 253 g/mol. The molecule has 0 aromatic carbocycles. The number of nitrogens with zero attached hydrogens (tertiary/aromatic N) is 2. The molecule has 1 aromatic heterocycles. The predicted octanol–water partition coefficient (Wildman–Crippen LogP) is -0.538. The standard InChI is InChI=1S/C11H19N5O2/c1-6(4-9(12)17)14-10(18)5-16-8(3)11(13)7(2)15-16/h6H,4-5,13H2,1-3H3,(H2,12,17)(H,14,18). The summed E-state index contributed by atoms with van der Waals surface area (Å²) < 4.78 is 1.54. The van der Waals surface area contributed by atoms with Crippen molar-refractivity contribution in [2.24, 2.45) is 5.73 Å². The van der Waals surface area contributed by atoms with Gasteiger partial charge in [0.25, 0.3) is 0 Å². The quantitative estimate of drug-likeness (QED) is 0.653. The van der Waals surface area contributed by atoms with Crippen LogP contribution in [0.5, 0.6) is 0 Å².